The summed E-state index contributed by atoms with van der Waals surface area (Å²) >= 11 is 0. The Morgan fingerprint density at radius 2 is 2.19 bits per heavy atom. The molecule has 0 atom stereocenters. The summed E-state index contributed by atoms with van der Waals surface area (Å²) in [6.45, 7) is 2.48. The molecule has 0 aromatic heterocycles. The standard InChI is InChI=1S/C13H17FN4O3/c1-13(3-2-4-13)7-16-12(19)8-5-10(17-15)9(14)6-11(8)18(20)21/h5-6,17H,2-4,7,15H2,1H3,(H,16,19). The van der Waals surface area contributed by atoms with E-state index in [1.165, 1.54) is 0 Å². The number of carbonyl (C=O) groups excluding carboxylic acids is 1. The predicted molar refractivity (Wildman–Crippen MR) is 75.2 cm³/mol. The molecule has 0 spiro atoms. The second-order valence-electron chi connectivity index (χ2n) is 5.60. The zero-order valence-corrected chi connectivity index (χ0v) is 11.6. The average Bonchev–Trinajstić information content (AvgIpc) is 2.42. The van der Waals surface area contributed by atoms with Gasteiger partial charge in [-0.15, -0.1) is 0 Å². The number of hydrogen-bond donors (Lipinski definition) is 3. The van der Waals surface area contributed by atoms with Crippen molar-refractivity contribution in [3.8, 4) is 0 Å². The lowest BCUT2D eigenvalue weighted by Gasteiger charge is -2.38. The number of anilines is 1. The SMILES string of the molecule is CC1(CNC(=O)c2cc(NN)c(F)cc2[N+](=O)[O-])CCC1. The van der Waals surface area contributed by atoms with E-state index in [4.69, 9.17) is 5.84 Å². The third-order valence-corrected chi connectivity index (χ3v) is 3.92. The van der Waals surface area contributed by atoms with Crippen LogP contribution in [0.2, 0.25) is 0 Å². The molecule has 21 heavy (non-hydrogen) atoms. The number of nitro groups is 1. The number of halogens is 1. The minimum absolute atomic E-state index is 0.0411. The van der Waals surface area contributed by atoms with Gasteiger partial charge in [-0.05, 0) is 24.3 Å². The molecule has 7 nitrogen and oxygen atoms in total. The molecule has 1 amide bonds. The van der Waals surface area contributed by atoms with E-state index >= 15 is 0 Å². The lowest BCUT2D eigenvalue weighted by atomic mass is 9.70. The normalized spacial score (nSPS) is 16.0. The molecule has 0 aliphatic heterocycles. The molecule has 1 saturated carbocycles. The highest BCUT2D eigenvalue weighted by molar-refractivity contribution is 5.99. The number of nitrogens with zero attached hydrogens (tertiary/aromatic N) is 1. The van der Waals surface area contributed by atoms with Crippen LogP contribution in [0, 0.1) is 21.3 Å². The second-order valence-corrected chi connectivity index (χ2v) is 5.60. The van der Waals surface area contributed by atoms with Gasteiger partial charge in [0.2, 0.25) is 0 Å². The molecule has 0 heterocycles. The number of nitrogen functional groups attached to an aromatic ring is 1. The molecule has 0 radical (unpaired) electrons. The first kappa shape index (κ1) is 15.2. The van der Waals surface area contributed by atoms with Crippen molar-refractivity contribution < 1.29 is 14.1 Å². The van der Waals surface area contributed by atoms with Crippen molar-refractivity contribution in [1.29, 1.82) is 0 Å². The van der Waals surface area contributed by atoms with Crippen LogP contribution in [0.3, 0.4) is 0 Å². The van der Waals surface area contributed by atoms with E-state index in [1.54, 1.807) is 0 Å². The third-order valence-electron chi connectivity index (χ3n) is 3.92. The van der Waals surface area contributed by atoms with Crippen molar-refractivity contribution in [3.05, 3.63) is 33.6 Å². The maximum absolute atomic E-state index is 13.5. The summed E-state index contributed by atoms with van der Waals surface area (Å²) in [5.74, 6) is 3.64. The van der Waals surface area contributed by atoms with E-state index in [1.807, 2.05) is 6.92 Å². The van der Waals surface area contributed by atoms with Crippen LogP contribution in [-0.2, 0) is 0 Å². The molecular formula is C13H17FN4O3. The number of hydrazine groups is 1. The third kappa shape index (κ3) is 3.10. The van der Waals surface area contributed by atoms with E-state index < -0.39 is 22.3 Å². The number of nitrogens with two attached hydrogens (primary N) is 1. The van der Waals surface area contributed by atoms with E-state index in [-0.39, 0.29) is 16.7 Å². The maximum atomic E-state index is 13.5. The maximum Gasteiger partial charge on any atom is 0.285 e. The fourth-order valence-electron chi connectivity index (χ4n) is 2.35. The summed E-state index contributed by atoms with van der Waals surface area (Å²) in [4.78, 5) is 22.3. The molecule has 1 aliphatic rings. The Bertz CT molecular complexity index is 587. The summed E-state index contributed by atoms with van der Waals surface area (Å²) in [5, 5.41) is 13.6. The van der Waals surface area contributed by atoms with Crippen LogP contribution < -0.4 is 16.6 Å². The van der Waals surface area contributed by atoms with Gasteiger partial charge in [0.15, 0.2) is 5.82 Å². The number of nitrogens with one attached hydrogen (secondary N) is 2. The minimum Gasteiger partial charge on any atom is -0.351 e. The van der Waals surface area contributed by atoms with Crippen molar-refractivity contribution in [2.24, 2.45) is 11.3 Å². The van der Waals surface area contributed by atoms with Crippen LogP contribution in [0.5, 0.6) is 0 Å². The molecule has 1 aromatic rings. The molecule has 0 unspecified atom stereocenters. The number of carbonyl (C=O) groups is 1. The quantitative estimate of drug-likeness (QED) is 0.437. The Morgan fingerprint density at radius 3 is 2.67 bits per heavy atom. The van der Waals surface area contributed by atoms with Gasteiger partial charge in [0.1, 0.15) is 5.56 Å². The molecule has 114 valence electrons. The van der Waals surface area contributed by atoms with Gasteiger partial charge in [0, 0.05) is 6.54 Å². The average molecular weight is 296 g/mol. The van der Waals surface area contributed by atoms with Gasteiger partial charge < -0.3 is 10.7 Å². The molecule has 4 N–H and O–H groups in total. The zero-order chi connectivity index (χ0) is 15.6. The number of rotatable bonds is 5. The Labute approximate surface area is 120 Å². The van der Waals surface area contributed by atoms with Crippen molar-refractivity contribution in [2.45, 2.75) is 26.2 Å². The van der Waals surface area contributed by atoms with Gasteiger partial charge in [0.05, 0.1) is 16.7 Å². The molecule has 8 heteroatoms. The zero-order valence-electron chi connectivity index (χ0n) is 11.6. The Hall–Kier alpha value is -2.22. The Morgan fingerprint density at radius 1 is 1.52 bits per heavy atom. The van der Waals surface area contributed by atoms with Crippen LogP contribution in [0.15, 0.2) is 12.1 Å². The number of amides is 1. The number of benzene rings is 1. The fourth-order valence-corrected chi connectivity index (χ4v) is 2.35. The van der Waals surface area contributed by atoms with Gasteiger partial charge >= 0.3 is 0 Å². The van der Waals surface area contributed by atoms with Gasteiger partial charge in [0.25, 0.3) is 11.6 Å². The summed E-state index contributed by atoms with van der Waals surface area (Å²) in [5.41, 5.74) is 1.16. The van der Waals surface area contributed by atoms with E-state index in [9.17, 15) is 19.3 Å². The summed E-state index contributed by atoms with van der Waals surface area (Å²) < 4.78 is 13.5. The molecule has 1 aliphatic carbocycles. The molecule has 0 bridgehead atoms. The van der Waals surface area contributed by atoms with Crippen molar-refractivity contribution in [2.75, 3.05) is 12.0 Å². The first-order valence-corrected chi connectivity index (χ1v) is 6.59. The van der Waals surface area contributed by atoms with Gasteiger partial charge in [-0.2, -0.15) is 0 Å². The van der Waals surface area contributed by atoms with Crippen molar-refractivity contribution in [1.82, 2.24) is 5.32 Å². The second kappa shape index (κ2) is 5.65. The van der Waals surface area contributed by atoms with Gasteiger partial charge in [-0.25, -0.2) is 4.39 Å². The fraction of sp³-hybridized carbons (Fsp3) is 0.462. The van der Waals surface area contributed by atoms with Crippen molar-refractivity contribution >= 4 is 17.3 Å². The highest BCUT2D eigenvalue weighted by Gasteiger charge is 2.33. The molecule has 1 fully saturated rings. The summed E-state index contributed by atoms with van der Waals surface area (Å²) in [6.07, 6.45) is 3.13. The monoisotopic (exact) mass is 296 g/mol. The van der Waals surface area contributed by atoms with Crippen LogP contribution in [0.1, 0.15) is 36.5 Å². The first-order chi connectivity index (χ1) is 9.86. The smallest absolute Gasteiger partial charge is 0.285 e. The highest BCUT2D eigenvalue weighted by atomic mass is 19.1. The molecule has 0 saturated heterocycles. The van der Waals surface area contributed by atoms with E-state index in [0.29, 0.717) is 12.6 Å². The number of nitro benzene ring substituents is 1. The van der Waals surface area contributed by atoms with Gasteiger partial charge in [-0.1, -0.05) is 13.3 Å². The number of hydrogen-bond acceptors (Lipinski definition) is 5. The Balaban J connectivity index is 2.23. The summed E-state index contributed by atoms with van der Waals surface area (Å²) in [6, 6.07) is 1.74. The molecule has 1 aromatic carbocycles. The van der Waals surface area contributed by atoms with E-state index in [0.717, 1.165) is 25.3 Å². The van der Waals surface area contributed by atoms with Crippen LogP contribution >= 0.6 is 0 Å². The van der Waals surface area contributed by atoms with Crippen molar-refractivity contribution in [3.63, 3.8) is 0 Å². The van der Waals surface area contributed by atoms with Gasteiger partial charge in [-0.3, -0.25) is 20.8 Å². The Kier molecular flexibility index (Phi) is 4.08. The van der Waals surface area contributed by atoms with Crippen LogP contribution in [0.25, 0.3) is 0 Å². The lowest BCUT2D eigenvalue weighted by molar-refractivity contribution is -0.385. The molecule has 2 rings (SSSR count). The highest BCUT2D eigenvalue weighted by Crippen LogP contribution is 2.39. The lowest BCUT2D eigenvalue weighted by Crippen LogP contribution is -2.40. The predicted octanol–water partition coefficient (Wildman–Crippen LogP) is 1.94. The topological polar surface area (TPSA) is 110 Å². The van der Waals surface area contributed by atoms with E-state index in [2.05, 4.69) is 10.7 Å². The van der Waals surface area contributed by atoms with Crippen LogP contribution in [0.4, 0.5) is 15.8 Å². The first-order valence-electron chi connectivity index (χ1n) is 6.59. The minimum atomic E-state index is -0.883. The van der Waals surface area contributed by atoms with Crippen LogP contribution in [-0.4, -0.2) is 17.4 Å². The molecular weight excluding hydrogens is 279 g/mol. The summed E-state index contributed by atoms with van der Waals surface area (Å²) in [7, 11) is 0. The largest absolute Gasteiger partial charge is 0.351 e.